The fourth-order valence-corrected chi connectivity index (χ4v) is 3.88. The van der Waals surface area contributed by atoms with E-state index >= 15 is 0 Å². The summed E-state index contributed by atoms with van der Waals surface area (Å²) >= 11 is 1.35. The first-order valence-corrected chi connectivity index (χ1v) is 9.05. The summed E-state index contributed by atoms with van der Waals surface area (Å²) < 4.78 is 15.9. The van der Waals surface area contributed by atoms with Gasteiger partial charge in [0.1, 0.15) is 5.00 Å². The summed E-state index contributed by atoms with van der Waals surface area (Å²) in [6.45, 7) is 2.16. The van der Waals surface area contributed by atoms with Crippen molar-refractivity contribution in [3.05, 3.63) is 40.3 Å². The van der Waals surface area contributed by atoms with E-state index in [9.17, 15) is 9.59 Å². The number of ether oxygens (including phenoxy) is 3. The summed E-state index contributed by atoms with van der Waals surface area (Å²) in [6, 6.07) is 5.15. The van der Waals surface area contributed by atoms with Gasteiger partial charge in [-0.2, -0.15) is 0 Å². The number of esters is 1. The maximum absolute atomic E-state index is 12.7. The van der Waals surface area contributed by atoms with Crippen LogP contribution in [-0.4, -0.2) is 25.3 Å². The molecule has 1 fully saturated rings. The van der Waals surface area contributed by atoms with Crippen LogP contribution in [0, 0.1) is 0 Å². The van der Waals surface area contributed by atoms with Crippen molar-refractivity contribution in [2.45, 2.75) is 25.7 Å². The number of thiophene rings is 1. The molecule has 130 valence electrons. The Morgan fingerprint density at radius 1 is 1.32 bits per heavy atom. The highest BCUT2D eigenvalue weighted by Crippen LogP contribution is 2.46. The standard InChI is InChI=1S/C18H17NO5S/c1-2-22-18(21)14-12(10-6-7-10)8-25-17(14)19-16(20)11-4-3-5-13-15(11)24-9-23-13/h3-5,8,10H,2,6-7,9H2,1H3,(H,19,20). The van der Waals surface area contributed by atoms with Crippen molar-refractivity contribution >= 4 is 28.2 Å². The Morgan fingerprint density at radius 3 is 2.92 bits per heavy atom. The van der Waals surface area contributed by atoms with E-state index < -0.39 is 0 Å². The van der Waals surface area contributed by atoms with E-state index in [-0.39, 0.29) is 18.7 Å². The number of nitrogens with one attached hydrogen (secondary N) is 1. The Balaban J connectivity index is 1.64. The van der Waals surface area contributed by atoms with Crippen molar-refractivity contribution in [2.24, 2.45) is 0 Å². The smallest absolute Gasteiger partial charge is 0.341 e. The van der Waals surface area contributed by atoms with Crippen LogP contribution >= 0.6 is 11.3 Å². The van der Waals surface area contributed by atoms with Crippen LogP contribution in [-0.2, 0) is 4.74 Å². The molecule has 2 heterocycles. The second kappa shape index (κ2) is 6.40. The Labute approximate surface area is 148 Å². The van der Waals surface area contributed by atoms with E-state index in [1.54, 1.807) is 25.1 Å². The molecule has 0 bridgehead atoms. The van der Waals surface area contributed by atoms with Crippen LogP contribution in [0.15, 0.2) is 23.6 Å². The Bertz CT molecular complexity index is 840. The zero-order valence-electron chi connectivity index (χ0n) is 13.7. The first kappa shape index (κ1) is 16.0. The molecule has 1 aromatic heterocycles. The number of carbonyl (C=O) groups is 2. The largest absolute Gasteiger partial charge is 0.462 e. The summed E-state index contributed by atoms with van der Waals surface area (Å²) in [4.78, 5) is 25.1. The lowest BCUT2D eigenvalue weighted by molar-refractivity contribution is 0.0527. The van der Waals surface area contributed by atoms with E-state index in [0.29, 0.717) is 40.2 Å². The molecule has 1 N–H and O–H groups in total. The van der Waals surface area contributed by atoms with Gasteiger partial charge in [-0.3, -0.25) is 4.79 Å². The van der Waals surface area contributed by atoms with Gasteiger partial charge in [0.25, 0.3) is 5.91 Å². The van der Waals surface area contributed by atoms with E-state index in [0.717, 1.165) is 18.4 Å². The third-order valence-electron chi connectivity index (χ3n) is 4.18. The lowest BCUT2D eigenvalue weighted by atomic mass is 10.1. The number of fused-ring (bicyclic) bond motifs is 1. The molecule has 25 heavy (non-hydrogen) atoms. The van der Waals surface area contributed by atoms with Gasteiger partial charge >= 0.3 is 5.97 Å². The third kappa shape index (κ3) is 2.95. The average molecular weight is 359 g/mol. The third-order valence-corrected chi connectivity index (χ3v) is 5.10. The van der Waals surface area contributed by atoms with Crippen molar-refractivity contribution in [3.63, 3.8) is 0 Å². The molecule has 2 aromatic rings. The number of amides is 1. The maximum Gasteiger partial charge on any atom is 0.341 e. The number of carbonyl (C=O) groups excluding carboxylic acids is 2. The van der Waals surface area contributed by atoms with Crippen molar-refractivity contribution in [1.29, 1.82) is 0 Å². The maximum atomic E-state index is 12.7. The Kier molecular flexibility index (Phi) is 4.09. The van der Waals surface area contributed by atoms with Crippen molar-refractivity contribution in [3.8, 4) is 11.5 Å². The molecule has 4 rings (SSSR count). The van der Waals surface area contributed by atoms with Crippen LogP contribution in [0.4, 0.5) is 5.00 Å². The fourth-order valence-electron chi connectivity index (χ4n) is 2.85. The van der Waals surface area contributed by atoms with Crippen LogP contribution in [0.25, 0.3) is 0 Å². The molecule has 0 radical (unpaired) electrons. The Hall–Kier alpha value is -2.54. The van der Waals surface area contributed by atoms with E-state index in [4.69, 9.17) is 14.2 Å². The summed E-state index contributed by atoms with van der Waals surface area (Å²) in [6.07, 6.45) is 2.13. The summed E-state index contributed by atoms with van der Waals surface area (Å²) in [5.41, 5.74) is 1.83. The normalized spacial score (nSPS) is 15.1. The zero-order valence-corrected chi connectivity index (χ0v) is 14.5. The van der Waals surface area contributed by atoms with Gasteiger partial charge in [0.15, 0.2) is 11.5 Å². The zero-order chi connectivity index (χ0) is 17.4. The predicted octanol–water partition coefficient (Wildman–Crippen LogP) is 3.78. The van der Waals surface area contributed by atoms with Gasteiger partial charge in [-0.15, -0.1) is 11.3 Å². The number of para-hydroxylation sites is 1. The minimum Gasteiger partial charge on any atom is -0.462 e. The van der Waals surface area contributed by atoms with Gasteiger partial charge in [-0.1, -0.05) is 6.07 Å². The number of anilines is 1. The molecule has 1 aromatic carbocycles. The molecule has 2 aliphatic rings. The molecular formula is C18H17NO5S. The molecule has 1 amide bonds. The molecule has 0 atom stereocenters. The van der Waals surface area contributed by atoms with Crippen molar-refractivity contribution in [1.82, 2.24) is 0 Å². The SMILES string of the molecule is CCOC(=O)c1c(C2CC2)csc1NC(=O)c1cccc2c1OCO2. The average Bonchev–Trinajstić information content (AvgIpc) is 3.18. The van der Waals surface area contributed by atoms with Gasteiger partial charge in [0.05, 0.1) is 17.7 Å². The van der Waals surface area contributed by atoms with Gasteiger partial charge in [-0.25, -0.2) is 4.79 Å². The Morgan fingerprint density at radius 2 is 2.16 bits per heavy atom. The number of benzene rings is 1. The molecule has 0 unspecified atom stereocenters. The minimum absolute atomic E-state index is 0.0958. The number of hydrogen-bond donors (Lipinski definition) is 1. The summed E-state index contributed by atoms with van der Waals surface area (Å²) in [5.74, 6) is 0.634. The molecule has 0 spiro atoms. The van der Waals surface area contributed by atoms with E-state index in [1.165, 1.54) is 11.3 Å². The molecule has 1 saturated carbocycles. The molecule has 7 heteroatoms. The molecule has 1 aliphatic carbocycles. The van der Waals surface area contributed by atoms with Gasteiger partial charge in [-0.05, 0) is 48.8 Å². The van der Waals surface area contributed by atoms with Crippen LogP contribution in [0.3, 0.4) is 0 Å². The van der Waals surface area contributed by atoms with Crippen LogP contribution < -0.4 is 14.8 Å². The summed E-state index contributed by atoms with van der Waals surface area (Å²) in [5, 5.41) is 5.30. The van der Waals surface area contributed by atoms with Crippen molar-refractivity contribution < 1.29 is 23.8 Å². The van der Waals surface area contributed by atoms with Gasteiger partial charge < -0.3 is 19.5 Å². The summed E-state index contributed by atoms with van der Waals surface area (Å²) in [7, 11) is 0. The highest BCUT2D eigenvalue weighted by atomic mass is 32.1. The molecule has 6 nitrogen and oxygen atoms in total. The van der Waals surface area contributed by atoms with Gasteiger partial charge in [0.2, 0.25) is 6.79 Å². The predicted molar refractivity (Wildman–Crippen MR) is 92.8 cm³/mol. The second-order valence-electron chi connectivity index (χ2n) is 5.88. The quantitative estimate of drug-likeness (QED) is 0.823. The van der Waals surface area contributed by atoms with Crippen LogP contribution in [0.1, 0.15) is 52.0 Å². The molecular weight excluding hydrogens is 342 g/mol. The second-order valence-corrected chi connectivity index (χ2v) is 6.76. The van der Waals surface area contributed by atoms with E-state index in [1.807, 2.05) is 5.38 Å². The van der Waals surface area contributed by atoms with Crippen molar-refractivity contribution in [2.75, 3.05) is 18.7 Å². The molecule has 0 saturated heterocycles. The highest BCUT2D eigenvalue weighted by molar-refractivity contribution is 7.15. The first-order chi connectivity index (χ1) is 12.2. The minimum atomic E-state index is -0.390. The number of hydrogen-bond acceptors (Lipinski definition) is 6. The van der Waals surface area contributed by atoms with E-state index in [2.05, 4.69) is 5.32 Å². The van der Waals surface area contributed by atoms with Crippen LogP contribution in [0.2, 0.25) is 0 Å². The first-order valence-electron chi connectivity index (χ1n) is 8.17. The monoisotopic (exact) mass is 359 g/mol. The number of rotatable bonds is 5. The lowest BCUT2D eigenvalue weighted by Crippen LogP contribution is -2.15. The van der Waals surface area contributed by atoms with Gasteiger partial charge in [0, 0.05) is 0 Å². The highest BCUT2D eigenvalue weighted by Gasteiger charge is 2.33. The fraction of sp³-hybridized carbons (Fsp3) is 0.333. The topological polar surface area (TPSA) is 73.9 Å². The van der Waals surface area contributed by atoms with Crippen LogP contribution in [0.5, 0.6) is 11.5 Å². The molecule has 1 aliphatic heterocycles. The lowest BCUT2D eigenvalue weighted by Gasteiger charge is -2.09.